The van der Waals surface area contributed by atoms with Gasteiger partial charge in [0.05, 0.1) is 27.8 Å². The van der Waals surface area contributed by atoms with Crippen LogP contribution < -0.4 is 0 Å². The third kappa shape index (κ3) is 4.87. The predicted molar refractivity (Wildman–Crippen MR) is 232 cm³/mol. The van der Waals surface area contributed by atoms with Crippen LogP contribution >= 0.6 is 0 Å². The van der Waals surface area contributed by atoms with Crippen molar-refractivity contribution in [1.82, 2.24) is 24.1 Å². The second-order valence-corrected chi connectivity index (χ2v) is 14.4. The van der Waals surface area contributed by atoms with Gasteiger partial charge in [0.2, 0.25) is 5.95 Å². The molecule has 0 aliphatic carbocycles. The highest BCUT2D eigenvalue weighted by molar-refractivity contribution is 6.15. The molecule has 0 spiro atoms. The Morgan fingerprint density at radius 1 is 0.351 bits per heavy atom. The molecule has 6 heteroatoms. The van der Waals surface area contributed by atoms with Crippen LogP contribution in [0.2, 0.25) is 0 Å². The lowest BCUT2D eigenvalue weighted by Crippen LogP contribution is -2.06. The Morgan fingerprint density at radius 3 is 1.54 bits per heavy atom. The fourth-order valence-electron chi connectivity index (χ4n) is 8.65. The van der Waals surface area contributed by atoms with Crippen molar-refractivity contribution in [2.45, 2.75) is 0 Å². The minimum atomic E-state index is 0.569. The number of hydrogen-bond donors (Lipinski definition) is 0. The van der Waals surface area contributed by atoms with Crippen molar-refractivity contribution in [3.8, 4) is 45.5 Å². The molecule has 0 amide bonds. The molecule has 0 atom stereocenters. The molecule has 4 heterocycles. The van der Waals surface area contributed by atoms with Crippen LogP contribution in [-0.4, -0.2) is 24.1 Å². The second-order valence-electron chi connectivity index (χ2n) is 14.4. The monoisotopic (exact) mass is 729 g/mol. The van der Waals surface area contributed by atoms with E-state index in [1.807, 2.05) is 42.5 Å². The fraction of sp³-hybridized carbons (Fsp3) is 0. The summed E-state index contributed by atoms with van der Waals surface area (Å²) >= 11 is 0. The van der Waals surface area contributed by atoms with Crippen LogP contribution in [0.3, 0.4) is 0 Å². The van der Waals surface area contributed by atoms with Crippen molar-refractivity contribution in [2.24, 2.45) is 0 Å². The van der Waals surface area contributed by atoms with Gasteiger partial charge in [-0.3, -0.25) is 4.57 Å². The maximum absolute atomic E-state index is 6.59. The molecule has 0 unspecified atom stereocenters. The van der Waals surface area contributed by atoms with E-state index in [0.717, 1.165) is 93.5 Å². The first-order valence-corrected chi connectivity index (χ1v) is 19.1. The zero-order chi connectivity index (χ0) is 37.5. The first-order valence-electron chi connectivity index (χ1n) is 19.1. The molecule has 0 saturated heterocycles. The Bertz CT molecular complexity index is 3470. The highest BCUT2D eigenvalue weighted by Gasteiger charge is 2.21. The van der Waals surface area contributed by atoms with Gasteiger partial charge in [0.1, 0.15) is 11.2 Å². The molecule has 0 aliphatic heterocycles. The van der Waals surface area contributed by atoms with E-state index in [1.165, 1.54) is 0 Å². The molecule has 0 saturated carbocycles. The van der Waals surface area contributed by atoms with Gasteiger partial charge in [-0.2, -0.15) is 9.97 Å². The van der Waals surface area contributed by atoms with E-state index in [4.69, 9.17) is 19.4 Å². The third-order valence-electron chi connectivity index (χ3n) is 11.2. The summed E-state index contributed by atoms with van der Waals surface area (Å²) in [5, 5.41) is 6.82. The lowest BCUT2D eigenvalue weighted by atomic mass is 9.98. The van der Waals surface area contributed by atoms with E-state index in [2.05, 4.69) is 155 Å². The number of nitrogens with zero attached hydrogens (tertiary/aromatic N) is 5. The fourth-order valence-corrected chi connectivity index (χ4v) is 8.65. The first kappa shape index (κ1) is 31.5. The van der Waals surface area contributed by atoms with Crippen LogP contribution in [0.4, 0.5) is 0 Å². The van der Waals surface area contributed by atoms with Crippen molar-refractivity contribution in [1.29, 1.82) is 0 Å². The molecule has 12 rings (SSSR count). The molecule has 4 aromatic heterocycles. The van der Waals surface area contributed by atoms with Crippen molar-refractivity contribution < 1.29 is 4.42 Å². The van der Waals surface area contributed by atoms with E-state index < -0.39 is 0 Å². The van der Waals surface area contributed by atoms with Crippen LogP contribution in [0.15, 0.2) is 192 Å². The molecule has 6 nitrogen and oxygen atoms in total. The minimum Gasteiger partial charge on any atom is -0.456 e. The van der Waals surface area contributed by atoms with Gasteiger partial charge in [-0.25, -0.2) is 4.98 Å². The summed E-state index contributed by atoms with van der Waals surface area (Å²) in [5.41, 5.74) is 11.0. The molecule has 0 N–H and O–H groups in total. The topological polar surface area (TPSA) is 61.7 Å². The summed E-state index contributed by atoms with van der Waals surface area (Å²) in [7, 11) is 0. The molecule has 0 aliphatic rings. The Balaban J connectivity index is 1.13. The molecular weight excluding hydrogens is 699 g/mol. The Labute approximate surface area is 326 Å². The number of furan rings is 1. The Morgan fingerprint density at radius 2 is 0.877 bits per heavy atom. The van der Waals surface area contributed by atoms with Crippen LogP contribution in [0.5, 0.6) is 0 Å². The molecular formula is C51H31N5O. The van der Waals surface area contributed by atoms with Crippen molar-refractivity contribution >= 4 is 65.6 Å². The number of aromatic nitrogens is 5. The summed E-state index contributed by atoms with van der Waals surface area (Å²) in [6, 6.07) is 65.5. The quantitative estimate of drug-likeness (QED) is 0.177. The van der Waals surface area contributed by atoms with Crippen molar-refractivity contribution in [3.05, 3.63) is 188 Å². The molecule has 8 aromatic carbocycles. The van der Waals surface area contributed by atoms with Gasteiger partial charge in [0.15, 0.2) is 11.6 Å². The normalized spacial score (nSPS) is 11.9. The number of rotatable bonds is 5. The summed E-state index contributed by atoms with van der Waals surface area (Å²) in [6.07, 6.45) is 0. The van der Waals surface area contributed by atoms with E-state index in [1.54, 1.807) is 0 Å². The predicted octanol–water partition coefficient (Wildman–Crippen LogP) is 13.0. The Kier molecular flexibility index (Phi) is 6.83. The average Bonchev–Trinajstić information content (AvgIpc) is 3.94. The van der Waals surface area contributed by atoms with E-state index in [-0.39, 0.29) is 0 Å². The van der Waals surface area contributed by atoms with Gasteiger partial charge in [0, 0.05) is 49.5 Å². The van der Waals surface area contributed by atoms with Gasteiger partial charge in [-0.15, -0.1) is 0 Å². The van der Waals surface area contributed by atoms with E-state index in [9.17, 15) is 0 Å². The largest absolute Gasteiger partial charge is 0.456 e. The van der Waals surface area contributed by atoms with Crippen LogP contribution in [0.1, 0.15) is 0 Å². The highest BCUT2D eigenvalue weighted by Crippen LogP contribution is 2.41. The summed E-state index contributed by atoms with van der Waals surface area (Å²) in [6.45, 7) is 0. The standard InChI is InChI=1S/C51H31N5O/c1-3-15-32(16-4-1)41-30-35(31-47-48(41)40-22-10-14-26-46(40)57-47)55-42-23-11-7-21-38(42)39-28-27-34(29-45(39)55)50-52-49(33-17-5-2-6-18-33)53-51(54-50)56-43-24-12-8-19-36(43)37-20-9-13-25-44(37)56/h1-31H. The van der Waals surface area contributed by atoms with Gasteiger partial charge >= 0.3 is 0 Å². The van der Waals surface area contributed by atoms with Gasteiger partial charge in [-0.1, -0.05) is 146 Å². The van der Waals surface area contributed by atoms with E-state index in [0.29, 0.717) is 17.6 Å². The molecule has 0 fully saturated rings. The van der Waals surface area contributed by atoms with Crippen molar-refractivity contribution in [2.75, 3.05) is 0 Å². The summed E-state index contributed by atoms with van der Waals surface area (Å²) in [4.78, 5) is 15.6. The average molecular weight is 730 g/mol. The van der Waals surface area contributed by atoms with Gasteiger partial charge in [-0.05, 0) is 47.5 Å². The van der Waals surface area contributed by atoms with E-state index >= 15 is 0 Å². The molecule has 12 aromatic rings. The first-order chi connectivity index (χ1) is 28.3. The lowest BCUT2D eigenvalue weighted by molar-refractivity contribution is 0.668. The number of fused-ring (bicyclic) bond motifs is 9. The number of hydrogen-bond acceptors (Lipinski definition) is 4. The highest BCUT2D eigenvalue weighted by atomic mass is 16.3. The molecule has 266 valence electrons. The summed E-state index contributed by atoms with van der Waals surface area (Å²) < 4.78 is 11.1. The number of para-hydroxylation sites is 4. The molecule has 0 radical (unpaired) electrons. The molecule has 0 bridgehead atoms. The number of benzene rings is 8. The zero-order valence-electron chi connectivity index (χ0n) is 30.5. The summed E-state index contributed by atoms with van der Waals surface area (Å²) in [5.74, 6) is 1.78. The minimum absolute atomic E-state index is 0.569. The van der Waals surface area contributed by atoms with Crippen LogP contribution in [-0.2, 0) is 0 Å². The molecule has 57 heavy (non-hydrogen) atoms. The maximum Gasteiger partial charge on any atom is 0.238 e. The lowest BCUT2D eigenvalue weighted by Gasteiger charge is -2.13. The van der Waals surface area contributed by atoms with Crippen LogP contribution in [0.25, 0.3) is 111 Å². The van der Waals surface area contributed by atoms with Gasteiger partial charge in [0.25, 0.3) is 0 Å². The van der Waals surface area contributed by atoms with Crippen molar-refractivity contribution in [3.63, 3.8) is 0 Å². The zero-order valence-corrected chi connectivity index (χ0v) is 30.5. The third-order valence-corrected chi connectivity index (χ3v) is 11.2. The van der Waals surface area contributed by atoms with Crippen LogP contribution in [0, 0.1) is 0 Å². The Hall–Kier alpha value is -7.83. The SMILES string of the molecule is c1ccc(-c2nc(-c3ccc4c5ccccc5n(-c5cc(-c6ccccc6)c6c(c5)oc5ccccc56)c4c3)nc(-n3c4ccccc4c4ccccc43)n2)cc1. The second kappa shape index (κ2) is 12.3. The van der Waals surface area contributed by atoms with Gasteiger partial charge < -0.3 is 8.98 Å². The maximum atomic E-state index is 6.59. The smallest absolute Gasteiger partial charge is 0.238 e.